The number of nitrogens with zero attached hydrogens (tertiary/aromatic N) is 1. The van der Waals surface area contributed by atoms with Crippen LogP contribution < -0.4 is 10.9 Å². The molecule has 0 atom stereocenters. The molecule has 3 aromatic rings. The van der Waals surface area contributed by atoms with Gasteiger partial charge in [0.2, 0.25) is 15.7 Å². The van der Waals surface area contributed by atoms with Crippen molar-refractivity contribution in [3.05, 3.63) is 74.7 Å². The molecular formula is C21H20ClN3O4S2. The van der Waals surface area contributed by atoms with Crippen LogP contribution in [0.2, 0.25) is 5.02 Å². The number of hydrogen-bond donors (Lipinski definition) is 2. The summed E-state index contributed by atoms with van der Waals surface area (Å²) in [4.78, 5) is 30.5. The van der Waals surface area contributed by atoms with E-state index in [9.17, 15) is 18.0 Å². The second kappa shape index (κ2) is 9.25. The SMILES string of the molecule is Cc1ccc(S(=O)(=O)c2cnc(SCC(=O)Nc3cccc(C)c3C)[nH]c2=O)cc1Cl. The third kappa shape index (κ3) is 5.17. The van der Waals surface area contributed by atoms with Gasteiger partial charge in [-0.05, 0) is 55.7 Å². The number of carbonyl (C=O) groups is 1. The van der Waals surface area contributed by atoms with Crippen LogP contribution in [0.15, 0.2) is 62.3 Å². The second-order valence-electron chi connectivity index (χ2n) is 6.88. The Morgan fingerprint density at radius 3 is 2.58 bits per heavy atom. The number of rotatable bonds is 6. The zero-order chi connectivity index (χ0) is 22.8. The number of sulfone groups is 1. The van der Waals surface area contributed by atoms with Crippen molar-refractivity contribution in [3.8, 4) is 0 Å². The molecule has 0 unspecified atom stereocenters. The Bertz CT molecular complexity index is 1320. The summed E-state index contributed by atoms with van der Waals surface area (Å²) in [6.45, 7) is 5.61. The third-order valence-corrected chi connectivity index (χ3v) is 7.74. The number of carbonyl (C=O) groups excluding carboxylic acids is 1. The summed E-state index contributed by atoms with van der Waals surface area (Å²) in [5.74, 6) is -0.275. The van der Waals surface area contributed by atoms with Crippen LogP contribution in [0.25, 0.3) is 0 Å². The van der Waals surface area contributed by atoms with Gasteiger partial charge in [-0.3, -0.25) is 9.59 Å². The standard InChI is InChI=1S/C21H20ClN3O4S2/c1-12-5-4-6-17(14(12)3)24-19(26)11-30-21-23-10-18(20(27)25-21)31(28,29)15-8-7-13(2)16(22)9-15/h4-10H,11H2,1-3H3,(H,24,26)(H,23,25,27). The highest BCUT2D eigenvalue weighted by Gasteiger charge is 2.23. The summed E-state index contributed by atoms with van der Waals surface area (Å²) < 4.78 is 25.5. The van der Waals surface area contributed by atoms with Crippen LogP contribution in [-0.4, -0.2) is 30.0 Å². The van der Waals surface area contributed by atoms with Gasteiger partial charge in [-0.2, -0.15) is 0 Å². The number of aromatic amines is 1. The van der Waals surface area contributed by atoms with Gasteiger partial charge in [-0.25, -0.2) is 13.4 Å². The van der Waals surface area contributed by atoms with Gasteiger partial charge >= 0.3 is 0 Å². The fourth-order valence-corrected chi connectivity index (χ4v) is 4.84. The zero-order valence-electron chi connectivity index (χ0n) is 17.0. The van der Waals surface area contributed by atoms with Crippen molar-refractivity contribution in [1.82, 2.24) is 9.97 Å². The van der Waals surface area contributed by atoms with Crippen LogP contribution in [0, 0.1) is 20.8 Å². The van der Waals surface area contributed by atoms with Crippen LogP contribution in [0.1, 0.15) is 16.7 Å². The number of nitrogens with one attached hydrogen (secondary N) is 2. The van der Waals surface area contributed by atoms with Crippen molar-refractivity contribution < 1.29 is 13.2 Å². The maximum Gasteiger partial charge on any atom is 0.270 e. The van der Waals surface area contributed by atoms with Gasteiger partial charge in [0.1, 0.15) is 0 Å². The smallest absolute Gasteiger partial charge is 0.270 e. The monoisotopic (exact) mass is 477 g/mol. The lowest BCUT2D eigenvalue weighted by Gasteiger charge is -2.10. The van der Waals surface area contributed by atoms with Gasteiger partial charge in [0, 0.05) is 10.7 Å². The van der Waals surface area contributed by atoms with E-state index in [0.717, 1.165) is 34.6 Å². The first-order chi connectivity index (χ1) is 14.6. The third-order valence-electron chi connectivity index (χ3n) is 4.71. The molecule has 31 heavy (non-hydrogen) atoms. The summed E-state index contributed by atoms with van der Waals surface area (Å²) in [6, 6.07) is 9.86. The highest BCUT2D eigenvalue weighted by molar-refractivity contribution is 7.99. The molecule has 0 aliphatic carbocycles. The minimum Gasteiger partial charge on any atom is -0.325 e. The number of halogens is 1. The molecule has 1 heterocycles. The first-order valence-electron chi connectivity index (χ1n) is 9.19. The molecule has 3 rings (SSSR count). The van der Waals surface area contributed by atoms with Crippen LogP contribution in [0.4, 0.5) is 5.69 Å². The van der Waals surface area contributed by atoms with Crippen LogP contribution in [0.3, 0.4) is 0 Å². The fourth-order valence-electron chi connectivity index (χ4n) is 2.71. The Morgan fingerprint density at radius 2 is 1.90 bits per heavy atom. The number of aromatic nitrogens is 2. The Hall–Kier alpha value is -2.62. The lowest BCUT2D eigenvalue weighted by atomic mass is 10.1. The number of amides is 1. The zero-order valence-corrected chi connectivity index (χ0v) is 19.4. The summed E-state index contributed by atoms with van der Waals surface area (Å²) in [6.07, 6.45) is 0.993. The van der Waals surface area contributed by atoms with E-state index in [2.05, 4.69) is 15.3 Å². The van der Waals surface area contributed by atoms with Gasteiger partial charge in [0.05, 0.1) is 16.8 Å². The van der Waals surface area contributed by atoms with E-state index in [-0.39, 0.29) is 26.7 Å². The molecule has 1 aromatic heterocycles. The molecule has 7 nitrogen and oxygen atoms in total. The first-order valence-corrected chi connectivity index (χ1v) is 12.0. The van der Waals surface area contributed by atoms with E-state index in [4.69, 9.17) is 11.6 Å². The molecule has 0 radical (unpaired) electrons. The molecule has 0 aliphatic rings. The van der Waals surface area contributed by atoms with Crippen LogP contribution in [0.5, 0.6) is 0 Å². The number of anilines is 1. The summed E-state index contributed by atoms with van der Waals surface area (Å²) in [5, 5.41) is 3.24. The number of thioether (sulfide) groups is 1. The molecule has 0 bridgehead atoms. The van der Waals surface area contributed by atoms with Gasteiger partial charge in [-0.15, -0.1) is 0 Å². The first kappa shape index (κ1) is 23.1. The van der Waals surface area contributed by atoms with Crippen molar-refractivity contribution in [1.29, 1.82) is 0 Å². The maximum atomic E-state index is 12.8. The number of aryl methyl sites for hydroxylation is 2. The normalized spacial score (nSPS) is 11.4. The average molecular weight is 478 g/mol. The summed E-state index contributed by atoms with van der Waals surface area (Å²) >= 11 is 7.01. The Morgan fingerprint density at radius 1 is 1.16 bits per heavy atom. The van der Waals surface area contributed by atoms with Crippen molar-refractivity contribution in [2.75, 3.05) is 11.1 Å². The van der Waals surface area contributed by atoms with Crippen LogP contribution in [-0.2, 0) is 14.6 Å². The molecule has 0 saturated heterocycles. The topological polar surface area (TPSA) is 109 Å². The number of H-pyrrole nitrogens is 1. The lowest BCUT2D eigenvalue weighted by Crippen LogP contribution is -2.20. The molecule has 0 aliphatic heterocycles. The lowest BCUT2D eigenvalue weighted by molar-refractivity contribution is -0.113. The van der Waals surface area contributed by atoms with Crippen molar-refractivity contribution in [2.45, 2.75) is 35.7 Å². The Kier molecular flexibility index (Phi) is 6.88. The molecule has 0 fully saturated rings. The quantitative estimate of drug-likeness (QED) is 0.411. The molecule has 0 spiro atoms. The average Bonchev–Trinajstić information content (AvgIpc) is 2.71. The predicted molar refractivity (Wildman–Crippen MR) is 122 cm³/mol. The molecule has 2 aromatic carbocycles. The van der Waals surface area contributed by atoms with E-state index >= 15 is 0 Å². The Labute approximate surface area is 189 Å². The van der Waals surface area contributed by atoms with Gasteiger partial charge < -0.3 is 10.3 Å². The maximum absolute atomic E-state index is 12.8. The minimum absolute atomic E-state index is 0.00398. The van der Waals surface area contributed by atoms with Crippen LogP contribution >= 0.6 is 23.4 Å². The second-order valence-corrected chi connectivity index (χ2v) is 10.2. The number of benzene rings is 2. The van der Waals surface area contributed by atoms with E-state index in [0.29, 0.717) is 5.69 Å². The molecule has 10 heteroatoms. The van der Waals surface area contributed by atoms with Gasteiger partial charge in [0.15, 0.2) is 10.1 Å². The van der Waals surface area contributed by atoms with Gasteiger partial charge in [0.25, 0.3) is 5.56 Å². The van der Waals surface area contributed by atoms with Crippen molar-refractivity contribution >= 4 is 44.8 Å². The van der Waals surface area contributed by atoms with E-state index in [1.807, 2.05) is 32.0 Å². The highest BCUT2D eigenvalue weighted by atomic mass is 35.5. The largest absolute Gasteiger partial charge is 0.325 e. The molecule has 2 N–H and O–H groups in total. The molecular weight excluding hydrogens is 458 g/mol. The van der Waals surface area contributed by atoms with Crippen molar-refractivity contribution in [2.24, 2.45) is 0 Å². The van der Waals surface area contributed by atoms with Crippen molar-refractivity contribution in [3.63, 3.8) is 0 Å². The highest BCUT2D eigenvalue weighted by Crippen LogP contribution is 2.24. The van der Waals surface area contributed by atoms with Gasteiger partial charge in [-0.1, -0.05) is 41.6 Å². The molecule has 162 valence electrons. The Balaban J connectivity index is 1.73. The van der Waals surface area contributed by atoms with E-state index in [1.54, 1.807) is 13.0 Å². The van der Waals surface area contributed by atoms with E-state index in [1.165, 1.54) is 12.1 Å². The molecule has 0 saturated carbocycles. The minimum atomic E-state index is -4.09. The predicted octanol–water partition coefficient (Wildman–Crippen LogP) is 3.91. The molecule has 1 amide bonds. The van der Waals surface area contributed by atoms with E-state index < -0.39 is 20.3 Å². The number of hydrogen-bond acceptors (Lipinski definition) is 6. The fraction of sp³-hybridized carbons (Fsp3) is 0.190. The summed E-state index contributed by atoms with van der Waals surface area (Å²) in [5.41, 5.74) is 2.65. The summed E-state index contributed by atoms with van der Waals surface area (Å²) in [7, 11) is -4.09.